The van der Waals surface area contributed by atoms with E-state index in [1.165, 1.54) is 0 Å². The maximum absolute atomic E-state index is 9.53. The minimum Gasteiger partial charge on any atom is -0.852 e. The zero-order chi connectivity index (χ0) is 24.2. The molecule has 0 saturated carbocycles. The van der Waals surface area contributed by atoms with Gasteiger partial charge >= 0.3 is 36.8 Å². The molecule has 0 radical (unpaired) electrons. The fourth-order valence-electron chi connectivity index (χ4n) is 0. The van der Waals surface area contributed by atoms with E-state index in [9.17, 15) is 15.3 Å². The maximum atomic E-state index is 9.53. The van der Waals surface area contributed by atoms with Crippen molar-refractivity contribution in [2.75, 3.05) is 6.61 Å². The average molecular weight is 539 g/mol. The Morgan fingerprint density at radius 3 is 0.621 bits per heavy atom. The molecule has 0 aliphatic carbocycles. The van der Waals surface area contributed by atoms with Crippen LogP contribution >= 0.6 is 0 Å². The van der Waals surface area contributed by atoms with Crippen LogP contribution in [-0.4, -0.2) is 62.6 Å². The van der Waals surface area contributed by atoms with Crippen molar-refractivity contribution in [1.29, 1.82) is 0 Å². The molecule has 0 atom stereocenters. The van der Waals surface area contributed by atoms with Gasteiger partial charge in [-0.05, 0) is 6.92 Å². The minimum absolute atomic E-state index is 0. The SMILES string of the molecule is CC(C)[O-].CC(C)[O-].CC(C)[O-].CCO.O=[N+]([O-])[O-].O=[N+]([O-])[O-].O=[N+]([O-])[O-].[Al+3].[Rh+3]. The van der Waals surface area contributed by atoms with Crippen molar-refractivity contribution in [2.45, 2.75) is 66.8 Å². The molecule has 0 spiro atoms. The summed E-state index contributed by atoms with van der Waals surface area (Å²) < 4.78 is 0. The van der Waals surface area contributed by atoms with Crippen molar-refractivity contribution in [3.8, 4) is 0 Å². The van der Waals surface area contributed by atoms with Crippen LogP contribution in [0.1, 0.15) is 48.5 Å². The zero-order valence-corrected chi connectivity index (χ0v) is 19.8. The quantitative estimate of drug-likeness (QED) is 0.201. The maximum Gasteiger partial charge on any atom is 3.00 e. The summed E-state index contributed by atoms with van der Waals surface area (Å²) in [6, 6.07) is 0. The fourth-order valence-corrected chi connectivity index (χ4v) is 0. The second-order valence-corrected chi connectivity index (χ2v) is 4.13. The number of hydrogen-bond donors (Lipinski definition) is 1. The van der Waals surface area contributed by atoms with Crippen molar-refractivity contribution >= 4 is 17.4 Å². The van der Waals surface area contributed by atoms with Crippen LogP contribution in [0.3, 0.4) is 0 Å². The van der Waals surface area contributed by atoms with E-state index in [-0.39, 0.29) is 43.4 Å². The largest absolute Gasteiger partial charge is 3.00 e. The molecule has 18 heteroatoms. The first-order valence-electron chi connectivity index (χ1n) is 6.84. The third kappa shape index (κ3) is 8160. The van der Waals surface area contributed by atoms with Crippen LogP contribution in [0.25, 0.3) is 0 Å². The van der Waals surface area contributed by atoms with Crippen LogP contribution in [0.2, 0.25) is 0 Å². The Bertz CT molecular complexity index is 238. The van der Waals surface area contributed by atoms with E-state index in [0.717, 1.165) is 0 Å². The minimum atomic E-state index is -1.75. The first-order valence-corrected chi connectivity index (χ1v) is 6.84. The van der Waals surface area contributed by atoms with Gasteiger partial charge in [-0.25, -0.2) is 0 Å². The van der Waals surface area contributed by atoms with E-state index in [2.05, 4.69) is 0 Å². The second-order valence-electron chi connectivity index (χ2n) is 4.13. The van der Waals surface area contributed by atoms with Crippen molar-refractivity contribution in [2.24, 2.45) is 0 Å². The van der Waals surface area contributed by atoms with Gasteiger partial charge in [0.1, 0.15) is 0 Å². The van der Waals surface area contributed by atoms with E-state index in [1.54, 1.807) is 48.5 Å². The summed E-state index contributed by atoms with van der Waals surface area (Å²) >= 11 is 0. The van der Waals surface area contributed by atoms with Crippen molar-refractivity contribution in [3.05, 3.63) is 46.0 Å². The molecule has 0 unspecified atom stereocenters. The second kappa shape index (κ2) is 56.3. The van der Waals surface area contributed by atoms with Gasteiger partial charge in [0.25, 0.3) is 0 Å². The Morgan fingerprint density at radius 1 is 0.621 bits per heavy atom. The predicted octanol–water partition coefficient (Wildman–Crippen LogP) is -1.84. The van der Waals surface area contributed by atoms with E-state index in [1.807, 2.05) is 0 Å². The summed E-state index contributed by atoms with van der Waals surface area (Å²) in [4.78, 5) is 24.8. The van der Waals surface area contributed by atoms with Gasteiger partial charge in [-0.2, -0.15) is 0 Å². The molecule has 0 aromatic rings. The molecule has 0 amide bonds. The van der Waals surface area contributed by atoms with Gasteiger partial charge in [0, 0.05) is 6.61 Å². The van der Waals surface area contributed by atoms with Crippen LogP contribution in [0.5, 0.6) is 0 Å². The van der Waals surface area contributed by atoms with E-state index < -0.39 is 33.6 Å². The average Bonchev–Trinajstić information content (AvgIpc) is 2.22. The molecular formula is C11H27AlN3O13Rh. The molecule has 0 rings (SSSR count). The van der Waals surface area contributed by atoms with Crippen LogP contribution in [0, 0.1) is 46.0 Å². The van der Waals surface area contributed by atoms with Crippen molar-refractivity contribution in [3.63, 3.8) is 0 Å². The predicted molar refractivity (Wildman–Crippen MR) is 95.0 cm³/mol. The molecule has 0 aromatic heterocycles. The molecule has 16 nitrogen and oxygen atoms in total. The van der Waals surface area contributed by atoms with Gasteiger partial charge < -0.3 is 66.4 Å². The molecule has 0 bridgehead atoms. The molecule has 0 aliphatic heterocycles. The third-order valence-electron chi connectivity index (χ3n) is 0. The molecule has 0 aromatic carbocycles. The summed E-state index contributed by atoms with van der Waals surface area (Å²) in [7, 11) is 0. The van der Waals surface area contributed by atoms with E-state index in [4.69, 9.17) is 51.1 Å². The van der Waals surface area contributed by atoms with Gasteiger partial charge in [-0.1, -0.05) is 41.5 Å². The summed E-state index contributed by atoms with van der Waals surface area (Å²) in [6.07, 6.45) is -1.25. The van der Waals surface area contributed by atoms with Gasteiger partial charge in [0.05, 0.1) is 15.3 Å². The molecule has 0 aliphatic rings. The molecule has 0 fully saturated rings. The zero-order valence-electron chi connectivity index (χ0n) is 17.0. The fraction of sp³-hybridized carbons (Fsp3) is 1.00. The monoisotopic (exact) mass is 539 g/mol. The Kier molecular flexibility index (Phi) is 110. The van der Waals surface area contributed by atoms with Crippen LogP contribution in [-0.2, 0) is 19.5 Å². The molecule has 29 heavy (non-hydrogen) atoms. The van der Waals surface area contributed by atoms with Crippen molar-refractivity contribution < 1.29 is 55.2 Å². The number of nitrogens with zero attached hydrogens (tertiary/aromatic N) is 3. The molecule has 0 heterocycles. The van der Waals surface area contributed by atoms with E-state index >= 15 is 0 Å². The number of hydrogen-bond acceptors (Lipinski definition) is 13. The third-order valence-corrected chi connectivity index (χ3v) is 0. The summed E-state index contributed by atoms with van der Waals surface area (Å²) in [5.41, 5.74) is 0. The summed E-state index contributed by atoms with van der Waals surface area (Å²) in [6.45, 7) is 11.6. The van der Waals surface area contributed by atoms with Crippen molar-refractivity contribution in [1.82, 2.24) is 0 Å². The molecular weight excluding hydrogens is 512 g/mol. The number of aliphatic hydroxyl groups excluding tert-OH is 1. The smallest absolute Gasteiger partial charge is 0.852 e. The van der Waals surface area contributed by atoms with E-state index in [0.29, 0.717) is 0 Å². The normalized spacial score (nSPS) is 6.83. The van der Waals surface area contributed by atoms with Crippen LogP contribution in [0.4, 0.5) is 0 Å². The first kappa shape index (κ1) is 56.4. The Hall–Kier alpha value is -1.40. The Morgan fingerprint density at radius 2 is 0.621 bits per heavy atom. The van der Waals surface area contributed by atoms with Gasteiger partial charge in [0.15, 0.2) is 0 Å². The molecule has 0 saturated heterocycles. The van der Waals surface area contributed by atoms with Crippen LogP contribution < -0.4 is 15.3 Å². The van der Waals surface area contributed by atoms with Gasteiger partial charge in [0.2, 0.25) is 0 Å². The van der Waals surface area contributed by atoms with Gasteiger partial charge in [-0.3, -0.25) is 0 Å². The Labute approximate surface area is 192 Å². The Balaban J connectivity index is -0.0000000228. The standard InChI is InChI=1S/3C3H7O.C2H6O.Al.3NO3.Rh/c3*1-3(2)4;1-2-3;;3*2-1(3)4;/h3*3H,1-2H3;3H,2H2,1H3;;;;;/q3*-1;;+3;3*-1;+3. The first-order chi connectivity index (χ1) is 11.8. The summed E-state index contributed by atoms with van der Waals surface area (Å²) in [5, 5.41) is 80.4. The summed E-state index contributed by atoms with van der Waals surface area (Å²) in [5.74, 6) is 0. The molecule has 176 valence electrons. The molecule has 1 N–H and O–H groups in total. The van der Waals surface area contributed by atoms with Crippen LogP contribution in [0.15, 0.2) is 0 Å². The van der Waals surface area contributed by atoms with Gasteiger partial charge in [-0.15, -0.1) is 18.3 Å². The number of aliphatic hydroxyl groups is 1. The topological polar surface area (TPSA) is 288 Å². The number of rotatable bonds is 0.